The fourth-order valence-electron chi connectivity index (χ4n) is 2.09. The van der Waals surface area contributed by atoms with E-state index in [-0.39, 0.29) is 17.8 Å². The zero-order valence-electron chi connectivity index (χ0n) is 12.0. The summed E-state index contributed by atoms with van der Waals surface area (Å²) in [4.78, 5) is 18.9. The molecule has 20 heavy (non-hydrogen) atoms. The molecule has 3 nitrogen and oxygen atoms in total. The predicted molar refractivity (Wildman–Crippen MR) is 78.5 cm³/mol. The van der Waals surface area contributed by atoms with E-state index in [2.05, 4.69) is 4.98 Å². The lowest BCUT2D eigenvalue weighted by molar-refractivity contribution is 0.0744. The Morgan fingerprint density at radius 3 is 2.55 bits per heavy atom. The van der Waals surface area contributed by atoms with Crippen LogP contribution in [0, 0.1) is 19.7 Å². The smallest absolute Gasteiger partial charge is 0.266 e. The Morgan fingerprint density at radius 2 is 2.00 bits per heavy atom. The van der Waals surface area contributed by atoms with Gasteiger partial charge in [0, 0.05) is 12.6 Å². The Labute approximate surface area is 122 Å². The van der Waals surface area contributed by atoms with E-state index < -0.39 is 0 Å². The molecule has 0 N–H and O–H groups in total. The van der Waals surface area contributed by atoms with Gasteiger partial charge in [0.2, 0.25) is 0 Å². The van der Waals surface area contributed by atoms with Gasteiger partial charge < -0.3 is 4.90 Å². The van der Waals surface area contributed by atoms with E-state index in [4.69, 9.17) is 0 Å². The SMILES string of the molecule is Cc1nc(C)c(C(=O)N(C)C(C)c2ccccc2F)s1. The molecule has 0 aliphatic rings. The van der Waals surface area contributed by atoms with Gasteiger partial charge in [-0.15, -0.1) is 11.3 Å². The second-order valence-corrected chi connectivity index (χ2v) is 5.96. The molecule has 1 aromatic carbocycles. The van der Waals surface area contributed by atoms with Crippen molar-refractivity contribution in [3.05, 3.63) is 51.2 Å². The van der Waals surface area contributed by atoms with Crippen LogP contribution in [0.1, 0.15) is 38.9 Å². The summed E-state index contributed by atoms with van der Waals surface area (Å²) in [5, 5.41) is 0.859. The lowest BCUT2D eigenvalue weighted by Crippen LogP contribution is -2.30. The van der Waals surface area contributed by atoms with Gasteiger partial charge in [0.1, 0.15) is 10.7 Å². The van der Waals surface area contributed by atoms with E-state index in [0.29, 0.717) is 10.4 Å². The Kier molecular flexibility index (Phi) is 4.18. The van der Waals surface area contributed by atoms with Crippen LogP contribution in [0.2, 0.25) is 0 Å². The topological polar surface area (TPSA) is 33.2 Å². The predicted octanol–water partition coefficient (Wildman–Crippen LogP) is 3.73. The molecule has 1 unspecified atom stereocenters. The van der Waals surface area contributed by atoms with Crippen LogP contribution in [0.3, 0.4) is 0 Å². The highest BCUT2D eigenvalue weighted by molar-refractivity contribution is 7.13. The second kappa shape index (κ2) is 5.71. The van der Waals surface area contributed by atoms with E-state index in [1.807, 2.05) is 20.8 Å². The van der Waals surface area contributed by atoms with Crippen molar-refractivity contribution in [2.45, 2.75) is 26.8 Å². The van der Waals surface area contributed by atoms with Crippen molar-refractivity contribution in [3.8, 4) is 0 Å². The first-order valence-electron chi connectivity index (χ1n) is 6.37. The summed E-state index contributed by atoms with van der Waals surface area (Å²) in [5.41, 5.74) is 1.24. The number of rotatable bonds is 3. The number of aryl methyl sites for hydroxylation is 2. The quantitative estimate of drug-likeness (QED) is 0.863. The van der Waals surface area contributed by atoms with Gasteiger partial charge in [-0.3, -0.25) is 4.79 Å². The molecule has 1 atom stereocenters. The van der Waals surface area contributed by atoms with Gasteiger partial charge >= 0.3 is 0 Å². The van der Waals surface area contributed by atoms with Gasteiger partial charge in [-0.05, 0) is 26.8 Å². The molecule has 0 saturated heterocycles. The van der Waals surface area contributed by atoms with E-state index in [1.165, 1.54) is 17.4 Å². The third-order valence-corrected chi connectivity index (χ3v) is 4.42. The number of aromatic nitrogens is 1. The number of benzene rings is 1. The normalized spacial score (nSPS) is 12.2. The van der Waals surface area contributed by atoms with Crippen LogP contribution in [-0.4, -0.2) is 22.8 Å². The third-order valence-electron chi connectivity index (χ3n) is 3.35. The molecule has 0 radical (unpaired) electrons. The summed E-state index contributed by atoms with van der Waals surface area (Å²) in [7, 11) is 1.69. The monoisotopic (exact) mass is 292 g/mol. The number of nitrogens with zero attached hydrogens (tertiary/aromatic N) is 2. The summed E-state index contributed by atoms with van der Waals surface area (Å²) < 4.78 is 13.8. The van der Waals surface area contributed by atoms with Gasteiger partial charge in [-0.1, -0.05) is 18.2 Å². The number of carbonyl (C=O) groups excluding carboxylic acids is 1. The van der Waals surface area contributed by atoms with Gasteiger partial charge in [-0.2, -0.15) is 0 Å². The van der Waals surface area contributed by atoms with Crippen LogP contribution >= 0.6 is 11.3 Å². The summed E-state index contributed by atoms with van der Waals surface area (Å²) >= 11 is 1.37. The van der Waals surface area contributed by atoms with Gasteiger partial charge in [0.15, 0.2) is 0 Å². The molecule has 0 bridgehead atoms. The molecule has 1 aromatic heterocycles. The molecule has 0 aliphatic heterocycles. The minimum absolute atomic E-state index is 0.121. The van der Waals surface area contributed by atoms with Crippen molar-refractivity contribution in [1.82, 2.24) is 9.88 Å². The van der Waals surface area contributed by atoms with Crippen LogP contribution in [0.4, 0.5) is 4.39 Å². The minimum Gasteiger partial charge on any atom is -0.334 e. The molecule has 0 aliphatic carbocycles. The molecule has 5 heteroatoms. The van der Waals surface area contributed by atoms with Crippen molar-refractivity contribution in [2.24, 2.45) is 0 Å². The first-order chi connectivity index (χ1) is 9.41. The maximum absolute atomic E-state index is 13.8. The highest BCUT2D eigenvalue weighted by atomic mass is 32.1. The molecule has 0 spiro atoms. The molecule has 1 heterocycles. The molecule has 0 saturated carbocycles. The number of amides is 1. The van der Waals surface area contributed by atoms with Crippen LogP contribution in [0.5, 0.6) is 0 Å². The summed E-state index contributed by atoms with van der Waals surface area (Å²) in [5.74, 6) is -0.416. The first-order valence-corrected chi connectivity index (χ1v) is 7.19. The Morgan fingerprint density at radius 1 is 1.35 bits per heavy atom. The van der Waals surface area contributed by atoms with Gasteiger partial charge in [0.05, 0.1) is 16.7 Å². The molecule has 2 aromatic rings. The Balaban J connectivity index is 2.27. The number of carbonyl (C=O) groups is 1. The number of hydrogen-bond acceptors (Lipinski definition) is 3. The highest BCUT2D eigenvalue weighted by Crippen LogP contribution is 2.26. The third kappa shape index (κ3) is 2.72. The average Bonchev–Trinajstić information content (AvgIpc) is 2.76. The van der Waals surface area contributed by atoms with Crippen molar-refractivity contribution >= 4 is 17.2 Å². The van der Waals surface area contributed by atoms with Crippen LogP contribution in [-0.2, 0) is 0 Å². The summed E-state index contributed by atoms with van der Waals surface area (Å²) in [6.07, 6.45) is 0. The van der Waals surface area contributed by atoms with Crippen LogP contribution < -0.4 is 0 Å². The molecule has 0 fully saturated rings. The fraction of sp³-hybridized carbons (Fsp3) is 0.333. The van der Waals surface area contributed by atoms with Crippen LogP contribution in [0.15, 0.2) is 24.3 Å². The van der Waals surface area contributed by atoms with Crippen molar-refractivity contribution < 1.29 is 9.18 Å². The van der Waals surface area contributed by atoms with Gasteiger partial charge in [0.25, 0.3) is 5.91 Å². The average molecular weight is 292 g/mol. The largest absolute Gasteiger partial charge is 0.334 e. The molecule has 2 rings (SSSR count). The number of halogens is 1. The lowest BCUT2D eigenvalue weighted by atomic mass is 10.1. The molecular weight excluding hydrogens is 275 g/mol. The van der Waals surface area contributed by atoms with E-state index in [1.54, 1.807) is 30.1 Å². The second-order valence-electron chi connectivity index (χ2n) is 4.76. The minimum atomic E-state index is -0.328. The number of hydrogen-bond donors (Lipinski definition) is 0. The number of thiazole rings is 1. The Hall–Kier alpha value is -1.75. The first kappa shape index (κ1) is 14.7. The maximum Gasteiger partial charge on any atom is 0.266 e. The van der Waals surface area contributed by atoms with E-state index in [0.717, 1.165) is 10.7 Å². The lowest BCUT2D eigenvalue weighted by Gasteiger charge is -2.25. The van der Waals surface area contributed by atoms with E-state index >= 15 is 0 Å². The maximum atomic E-state index is 13.8. The molecular formula is C15H17FN2OS. The molecule has 106 valence electrons. The van der Waals surface area contributed by atoms with Crippen molar-refractivity contribution in [3.63, 3.8) is 0 Å². The highest BCUT2D eigenvalue weighted by Gasteiger charge is 2.24. The summed E-state index contributed by atoms with van der Waals surface area (Å²) in [6, 6.07) is 6.20. The Bertz CT molecular complexity index is 639. The van der Waals surface area contributed by atoms with Crippen LogP contribution in [0.25, 0.3) is 0 Å². The zero-order chi connectivity index (χ0) is 14.9. The zero-order valence-corrected chi connectivity index (χ0v) is 12.8. The molecule has 1 amide bonds. The fourth-order valence-corrected chi connectivity index (χ4v) is 2.99. The van der Waals surface area contributed by atoms with Gasteiger partial charge in [-0.25, -0.2) is 9.37 Å². The standard InChI is InChI=1S/C15H17FN2OS/c1-9-14(20-11(3)17-9)15(19)18(4)10(2)12-7-5-6-8-13(12)16/h5-8,10H,1-4H3. The summed E-state index contributed by atoms with van der Waals surface area (Å²) in [6.45, 7) is 5.51. The van der Waals surface area contributed by atoms with E-state index in [9.17, 15) is 9.18 Å². The van der Waals surface area contributed by atoms with Crippen molar-refractivity contribution in [1.29, 1.82) is 0 Å². The van der Waals surface area contributed by atoms with Crippen molar-refractivity contribution in [2.75, 3.05) is 7.05 Å².